The smallest absolute Gasteiger partial charge is 0.251 e. The lowest BCUT2D eigenvalue weighted by atomic mass is 10.2. The zero-order chi connectivity index (χ0) is 23.0. The molecule has 0 spiro atoms. The summed E-state index contributed by atoms with van der Waals surface area (Å²) in [6.45, 7) is 6.23. The summed E-state index contributed by atoms with van der Waals surface area (Å²) in [7, 11) is -1.23. The maximum absolute atomic E-state index is 12.3. The SMILES string of the molecule is CN1CCN(Cc2cccc(OCCCNC(=O)c3cccc(NS(C)(=O)=O)c3)c2)CC1. The lowest BCUT2D eigenvalue weighted by Crippen LogP contribution is -2.43. The number of amides is 1. The van der Waals surface area contributed by atoms with E-state index in [1.165, 1.54) is 11.6 Å². The summed E-state index contributed by atoms with van der Waals surface area (Å²) in [6.07, 6.45) is 1.73. The van der Waals surface area contributed by atoms with Crippen LogP contribution in [0.5, 0.6) is 5.75 Å². The van der Waals surface area contributed by atoms with Crippen molar-refractivity contribution in [1.29, 1.82) is 0 Å². The van der Waals surface area contributed by atoms with E-state index < -0.39 is 10.0 Å². The zero-order valence-corrected chi connectivity index (χ0v) is 19.5. The molecule has 1 fully saturated rings. The van der Waals surface area contributed by atoms with Gasteiger partial charge >= 0.3 is 0 Å². The first kappa shape index (κ1) is 24.0. The fourth-order valence-electron chi connectivity index (χ4n) is 3.50. The van der Waals surface area contributed by atoms with Crippen LogP contribution < -0.4 is 14.8 Å². The Morgan fingerprint density at radius 1 is 1.06 bits per heavy atom. The van der Waals surface area contributed by atoms with Crippen LogP contribution in [0.15, 0.2) is 48.5 Å². The van der Waals surface area contributed by atoms with Gasteiger partial charge in [0.2, 0.25) is 10.0 Å². The van der Waals surface area contributed by atoms with Gasteiger partial charge in [-0.25, -0.2) is 8.42 Å². The van der Waals surface area contributed by atoms with E-state index in [1.54, 1.807) is 18.2 Å². The number of sulfonamides is 1. The average molecular weight is 461 g/mol. The molecule has 0 atom stereocenters. The summed E-state index contributed by atoms with van der Waals surface area (Å²) in [4.78, 5) is 17.1. The van der Waals surface area contributed by atoms with Crippen molar-refractivity contribution in [2.45, 2.75) is 13.0 Å². The quantitative estimate of drug-likeness (QED) is 0.527. The third-order valence-corrected chi connectivity index (χ3v) is 5.81. The van der Waals surface area contributed by atoms with Crippen molar-refractivity contribution in [1.82, 2.24) is 15.1 Å². The number of carbonyl (C=O) groups excluding carboxylic acids is 1. The first-order valence-electron chi connectivity index (χ1n) is 10.8. The summed E-state index contributed by atoms with van der Waals surface area (Å²) >= 11 is 0. The Balaban J connectivity index is 1.39. The molecule has 8 nitrogen and oxygen atoms in total. The second kappa shape index (κ2) is 11.3. The van der Waals surface area contributed by atoms with E-state index in [0.29, 0.717) is 30.8 Å². The van der Waals surface area contributed by atoms with E-state index in [-0.39, 0.29) is 5.91 Å². The predicted octanol–water partition coefficient (Wildman–Crippen LogP) is 2.00. The number of hydrogen-bond acceptors (Lipinski definition) is 6. The topological polar surface area (TPSA) is 91.0 Å². The highest BCUT2D eigenvalue weighted by atomic mass is 32.2. The molecule has 0 aromatic heterocycles. The molecule has 1 aliphatic heterocycles. The molecule has 174 valence electrons. The van der Waals surface area contributed by atoms with Crippen LogP contribution in [0, 0.1) is 0 Å². The minimum Gasteiger partial charge on any atom is -0.494 e. The lowest BCUT2D eigenvalue weighted by Gasteiger charge is -2.32. The van der Waals surface area contributed by atoms with Crippen LogP contribution in [0.1, 0.15) is 22.3 Å². The summed E-state index contributed by atoms with van der Waals surface area (Å²) in [5.74, 6) is 0.582. The summed E-state index contributed by atoms with van der Waals surface area (Å²) in [6, 6.07) is 14.6. The highest BCUT2D eigenvalue weighted by Gasteiger charge is 2.14. The first-order valence-corrected chi connectivity index (χ1v) is 12.7. The molecule has 0 bridgehead atoms. The third kappa shape index (κ3) is 8.14. The molecular weight excluding hydrogens is 428 g/mol. The number of piperazine rings is 1. The van der Waals surface area contributed by atoms with Crippen molar-refractivity contribution in [2.75, 3.05) is 57.4 Å². The molecule has 0 unspecified atom stereocenters. The average Bonchev–Trinajstić information content (AvgIpc) is 2.74. The van der Waals surface area contributed by atoms with Crippen molar-refractivity contribution in [2.24, 2.45) is 0 Å². The number of rotatable bonds is 10. The van der Waals surface area contributed by atoms with Crippen LogP contribution >= 0.6 is 0 Å². The first-order chi connectivity index (χ1) is 15.3. The van der Waals surface area contributed by atoms with Gasteiger partial charge in [0.05, 0.1) is 12.9 Å². The molecule has 2 N–H and O–H groups in total. The Labute approximate surface area is 190 Å². The number of nitrogens with zero attached hydrogens (tertiary/aromatic N) is 2. The largest absolute Gasteiger partial charge is 0.494 e. The molecule has 9 heteroatoms. The molecule has 0 radical (unpaired) electrons. The van der Waals surface area contributed by atoms with Crippen LogP contribution in [-0.2, 0) is 16.6 Å². The molecule has 2 aromatic carbocycles. The Hall–Kier alpha value is -2.62. The van der Waals surface area contributed by atoms with Crippen molar-refractivity contribution < 1.29 is 17.9 Å². The normalized spacial score (nSPS) is 15.3. The molecule has 2 aromatic rings. The number of anilines is 1. The minimum absolute atomic E-state index is 0.253. The molecule has 1 heterocycles. The van der Waals surface area contributed by atoms with Crippen LogP contribution in [-0.4, -0.2) is 76.8 Å². The Bertz CT molecular complexity index is 1000. The van der Waals surface area contributed by atoms with Gasteiger partial charge < -0.3 is 15.0 Å². The second-order valence-electron chi connectivity index (χ2n) is 8.14. The third-order valence-electron chi connectivity index (χ3n) is 5.20. The van der Waals surface area contributed by atoms with Gasteiger partial charge in [-0.2, -0.15) is 0 Å². The number of carbonyl (C=O) groups is 1. The molecule has 1 aliphatic rings. The van der Waals surface area contributed by atoms with E-state index in [2.05, 4.69) is 39.0 Å². The van der Waals surface area contributed by atoms with E-state index in [1.807, 2.05) is 12.1 Å². The van der Waals surface area contributed by atoms with Crippen LogP contribution in [0.3, 0.4) is 0 Å². The van der Waals surface area contributed by atoms with E-state index in [0.717, 1.165) is 44.7 Å². The molecule has 0 saturated carbocycles. The highest BCUT2D eigenvalue weighted by Crippen LogP contribution is 2.16. The summed E-state index contributed by atoms with van der Waals surface area (Å²) in [5, 5.41) is 2.84. The second-order valence-corrected chi connectivity index (χ2v) is 9.89. The number of hydrogen-bond donors (Lipinski definition) is 2. The van der Waals surface area contributed by atoms with Crippen LogP contribution in [0.4, 0.5) is 5.69 Å². The fraction of sp³-hybridized carbons (Fsp3) is 0.435. The standard InChI is InChI=1S/C23H32N4O4S/c1-26-11-13-27(14-12-26)18-19-6-3-9-22(16-19)31-15-5-10-24-23(28)20-7-4-8-21(17-20)25-32(2,29)30/h3-4,6-9,16-17,25H,5,10-15,18H2,1-2H3,(H,24,28). The van der Waals surface area contributed by atoms with Crippen LogP contribution in [0.25, 0.3) is 0 Å². The predicted molar refractivity (Wildman–Crippen MR) is 127 cm³/mol. The summed E-state index contributed by atoms with van der Waals surface area (Å²) < 4.78 is 30.9. The molecule has 1 amide bonds. The Kier molecular flexibility index (Phi) is 8.49. The van der Waals surface area contributed by atoms with Gasteiger partial charge in [0.15, 0.2) is 0 Å². The van der Waals surface area contributed by atoms with Crippen molar-refractivity contribution in [3.05, 3.63) is 59.7 Å². The highest BCUT2D eigenvalue weighted by molar-refractivity contribution is 7.92. The molecular formula is C23H32N4O4S. The van der Waals surface area contributed by atoms with Crippen molar-refractivity contribution >= 4 is 21.6 Å². The Morgan fingerprint density at radius 2 is 1.81 bits per heavy atom. The minimum atomic E-state index is -3.39. The van der Waals surface area contributed by atoms with Crippen molar-refractivity contribution in [3.8, 4) is 5.75 Å². The fourth-order valence-corrected chi connectivity index (χ4v) is 4.06. The number of benzene rings is 2. The molecule has 1 saturated heterocycles. The Morgan fingerprint density at radius 3 is 2.56 bits per heavy atom. The van der Waals surface area contributed by atoms with E-state index in [4.69, 9.17) is 4.74 Å². The van der Waals surface area contributed by atoms with Gasteiger partial charge in [-0.05, 0) is 49.4 Å². The molecule has 3 rings (SSSR count). The van der Waals surface area contributed by atoms with Gasteiger partial charge in [0.25, 0.3) is 5.91 Å². The van der Waals surface area contributed by atoms with E-state index in [9.17, 15) is 13.2 Å². The van der Waals surface area contributed by atoms with Gasteiger partial charge in [-0.15, -0.1) is 0 Å². The van der Waals surface area contributed by atoms with E-state index >= 15 is 0 Å². The van der Waals surface area contributed by atoms with Crippen LogP contribution in [0.2, 0.25) is 0 Å². The van der Waals surface area contributed by atoms with Crippen molar-refractivity contribution in [3.63, 3.8) is 0 Å². The monoisotopic (exact) mass is 460 g/mol. The maximum atomic E-state index is 12.3. The molecule has 0 aliphatic carbocycles. The number of nitrogens with one attached hydrogen (secondary N) is 2. The van der Waals surface area contributed by atoms with Gasteiger partial charge in [-0.3, -0.25) is 14.4 Å². The van der Waals surface area contributed by atoms with Gasteiger partial charge in [-0.1, -0.05) is 18.2 Å². The maximum Gasteiger partial charge on any atom is 0.251 e. The number of likely N-dealkylation sites (N-methyl/N-ethyl adjacent to an activating group) is 1. The summed E-state index contributed by atoms with van der Waals surface area (Å²) in [5.41, 5.74) is 2.00. The van der Waals surface area contributed by atoms with Gasteiger partial charge in [0, 0.05) is 50.5 Å². The lowest BCUT2D eigenvalue weighted by molar-refractivity contribution is 0.0951. The van der Waals surface area contributed by atoms with Gasteiger partial charge in [0.1, 0.15) is 5.75 Å². The number of ether oxygens (including phenoxy) is 1. The molecule has 32 heavy (non-hydrogen) atoms. The zero-order valence-electron chi connectivity index (χ0n) is 18.7.